The number of amides is 1. The van der Waals surface area contributed by atoms with E-state index < -0.39 is 0 Å². The Labute approximate surface area is 159 Å². The van der Waals surface area contributed by atoms with E-state index in [-0.39, 0.29) is 30.1 Å². The number of aryl methyl sites for hydroxylation is 1. The summed E-state index contributed by atoms with van der Waals surface area (Å²) in [6, 6.07) is 11.4. The zero-order valence-electron chi connectivity index (χ0n) is 14.4. The number of aromatic nitrogens is 3. The van der Waals surface area contributed by atoms with Crippen LogP contribution in [-0.4, -0.2) is 20.9 Å². The van der Waals surface area contributed by atoms with E-state index in [1.54, 1.807) is 35.0 Å². The van der Waals surface area contributed by atoms with Crippen LogP contribution in [0, 0.1) is 12.7 Å². The van der Waals surface area contributed by atoms with Crippen LogP contribution in [0.25, 0.3) is 0 Å². The summed E-state index contributed by atoms with van der Waals surface area (Å²) in [7, 11) is 0. The summed E-state index contributed by atoms with van der Waals surface area (Å²) in [6.07, 6.45) is -0.269. The highest BCUT2D eigenvalue weighted by atomic mass is 35.5. The van der Waals surface area contributed by atoms with Crippen molar-refractivity contribution in [1.82, 2.24) is 15.0 Å². The normalized spacial score (nSPS) is 16.0. The number of hydrogen-bond acceptors (Lipinski definition) is 4. The molecule has 1 N–H and O–H groups in total. The second-order valence-electron chi connectivity index (χ2n) is 6.33. The van der Waals surface area contributed by atoms with E-state index in [1.807, 2.05) is 6.92 Å². The number of rotatable bonds is 3. The molecule has 138 valence electrons. The highest BCUT2D eigenvalue weighted by Crippen LogP contribution is 2.27. The van der Waals surface area contributed by atoms with Gasteiger partial charge >= 0.3 is 0 Å². The molecule has 2 aromatic carbocycles. The van der Waals surface area contributed by atoms with Crippen molar-refractivity contribution >= 4 is 23.2 Å². The second-order valence-corrected chi connectivity index (χ2v) is 6.77. The molecule has 1 atom stereocenters. The third-order valence-electron chi connectivity index (χ3n) is 4.49. The number of halogens is 2. The van der Waals surface area contributed by atoms with Crippen molar-refractivity contribution < 1.29 is 13.9 Å². The van der Waals surface area contributed by atoms with Crippen LogP contribution in [0.1, 0.15) is 33.4 Å². The Morgan fingerprint density at radius 3 is 2.81 bits per heavy atom. The van der Waals surface area contributed by atoms with Gasteiger partial charge in [0.2, 0.25) is 0 Å². The third kappa shape index (κ3) is 3.56. The molecule has 0 unspecified atom stereocenters. The molecule has 0 saturated carbocycles. The average Bonchev–Trinajstić information content (AvgIpc) is 3.08. The van der Waals surface area contributed by atoms with Crippen LogP contribution in [-0.2, 0) is 17.9 Å². The maximum absolute atomic E-state index is 13.1. The number of fused-ring (bicyclic) bond motifs is 1. The van der Waals surface area contributed by atoms with Gasteiger partial charge in [0.25, 0.3) is 5.91 Å². The fourth-order valence-electron chi connectivity index (χ4n) is 3.02. The fraction of sp³-hybridized carbons (Fsp3) is 0.211. The Hall–Kier alpha value is -2.77. The number of ether oxygens (including phenoxy) is 1. The van der Waals surface area contributed by atoms with Gasteiger partial charge in [-0.25, -0.2) is 9.07 Å². The third-order valence-corrected chi connectivity index (χ3v) is 4.73. The predicted octanol–water partition coefficient (Wildman–Crippen LogP) is 3.90. The summed E-state index contributed by atoms with van der Waals surface area (Å²) < 4.78 is 20.6. The van der Waals surface area contributed by atoms with Crippen molar-refractivity contribution in [2.24, 2.45) is 0 Å². The van der Waals surface area contributed by atoms with Crippen LogP contribution in [0.3, 0.4) is 0 Å². The van der Waals surface area contributed by atoms with Crippen molar-refractivity contribution in [3.05, 3.63) is 75.8 Å². The summed E-state index contributed by atoms with van der Waals surface area (Å²) >= 11 is 5.95. The minimum Gasteiger partial charge on any atom is -0.365 e. The first kappa shape index (κ1) is 17.6. The van der Waals surface area contributed by atoms with Crippen LogP contribution in [0.5, 0.6) is 0 Å². The maximum atomic E-state index is 13.1. The van der Waals surface area contributed by atoms with Gasteiger partial charge in [0.15, 0.2) is 5.69 Å². The molecular formula is C19H16ClFN4O2. The molecule has 2 heterocycles. The Balaban J connectivity index is 1.52. The molecule has 4 rings (SSSR count). The fourth-order valence-corrected chi connectivity index (χ4v) is 3.24. The van der Waals surface area contributed by atoms with Crippen LogP contribution in [0.4, 0.5) is 10.1 Å². The van der Waals surface area contributed by atoms with Crippen molar-refractivity contribution in [2.45, 2.75) is 26.2 Å². The lowest BCUT2D eigenvalue weighted by Crippen LogP contribution is -2.24. The summed E-state index contributed by atoms with van der Waals surface area (Å²) in [6.45, 7) is 2.46. The highest BCUT2D eigenvalue weighted by Gasteiger charge is 2.28. The van der Waals surface area contributed by atoms with Crippen molar-refractivity contribution in [3.8, 4) is 0 Å². The Morgan fingerprint density at radius 2 is 2.07 bits per heavy atom. The molecule has 27 heavy (non-hydrogen) atoms. The first-order valence-corrected chi connectivity index (χ1v) is 8.76. The van der Waals surface area contributed by atoms with Gasteiger partial charge in [-0.05, 0) is 48.4 Å². The smallest absolute Gasteiger partial charge is 0.278 e. The summed E-state index contributed by atoms with van der Waals surface area (Å²) in [5.41, 5.74) is 3.19. The number of nitrogens with one attached hydrogen (secondary N) is 1. The second kappa shape index (κ2) is 7.09. The van der Waals surface area contributed by atoms with Gasteiger partial charge in [0.05, 0.1) is 18.8 Å². The molecule has 0 aliphatic carbocycles. The number of hydrogen-bond donors (Lipinski definition) is 1. The van der Waals surface area contributed by atoms with Gasteiger partial charge in [0, 0.05) is 10.7 Å². The molecule has 8 heteroatoms. The van der Waals surface area contributed by atoms with E-state index in [1.165, 1.54) is 12.1 Å². The standard InChI is InChI=1S/C19H16ClFN4O2/c1-11-8-13(20)4-7-15(11)22-19(26)18-16-10-27-17(9-25(16)24-23-18)12-2-5-14(21)6-3-12/h2-8,17H,9-10H2,1H3,(H,22,26)/t17-/m0/s1. The predicted molar refractivity (Wildman–Crippen MR) is 98.1 cm³/mol. The highest BCUT2D eigenvalue weighted by molar-refractivity contribution is 6.30. The molecule has 0 bridgehead atoms. The van der Waals surface area contributed by atoms with Crippen LogP contribution in [0.2, 0.25) is 5.02 Å². The zero-order chi connectivity index (χ0) is 19.0. The van der Waals surface area contributed by atoms with Gasteiger partial charge in [-0.1, -0.05) is 28.9 Å². The molecule has 0 saturated heterocycles. The molecule has 1 aliphatic rings. The number of carbonyl (C=O) groups excluding carboxylic acids is 1. The molecule has 1 amide bonds. The Kier molecular flexibility index (Phi) is 4.63. The summed E-state index contributed by atoms with van der Waals surface area (Å²) in [5, 5.41) is 11.5. The van der Waals surface area contributed by atoms with Crippen LogP contribution >= 0.6 is 11.6 Å². The minimum absolute atomic E-state index is 0.192. The van der Waals surface area contributed by atoms with Crippen LogP contribution in [0.15, 0.2) is 42.5 Å². The Bertz CT molecular complexity index is 1000. The monoisotopic (exact) mass is 386 g/mol. The number of nitrogens with zero attached hydrogens (tertiary/aromatic N) is 3. The minimum atomic E-state index is -0.356. The lowest BCUT2D eigenvalue weighted by Gasteiger charge is -2.24. The first-order chi connectivity index (χ1) is 13.0. The topological polar surface area (TPSA) is 69.0 Å². The van der Waals surface area contributed by atoms with Gasteiger partial charge in [-0.3, -0.25) is 4.79 Å². The molecule has 0 fully saturated rings. The molecule has 6 nitrogen and oxygen atoms in total. The molecular weight excluding hydrogens is 371 g/mol. The van der Waals surface area contributed by atoms with Crippen molar-refractivity contribution in [2.75, 3.05) is 5.32 Å². The van der Waals surface area contributed by atoms with Gasteiger partial charge in [-0.15, -0.1) is 5.10 Å². The van der Waals surface area contributed by atoms with Crippen molar-refractivity contribution in [1.29, 1.82) is 0 Å². The lowest BCUT2D eigenvalue weighted by molar-refractivity contribution is -0.00174. The molecule has 0 spiro atoms. The van der Waals surface area contributed by atoms with Gasteiger partial charge in [-0.2, -0.15) is 0 Å². The number of anilines is 1. The SMILES string of the molecule is Cc1cc(Cl)ccc1NC(=O)c1nnn2c1CO[C@H](c1ccc(F)cc1)C2. The lowest BCUT2D eigenvalue weighted by atomic mass is 10.1. The van der Waals surface area contributed by atoms with E-state index in [2.05, 4.69) is 15.6 Å². The molecule has 3 aromatic rings. The van der Waals surface area contributed by atoms with E-state index in [9.17, 15) is 9.18 Å². The maximum Gasteiger partial charge on any atom is 0.278 e. The molecule has 1 aliphatic heterocycles. The summed E-state index contributed by atoms with van der Waals surface area (Å²) in [5.74, 6) is -0.655. The number of carbonyl (C=O) groups is 1. The summed E-state index contributed by atoms with van der Waals surface area (Å²) in [4.78, 5) is 12.6. The largest absolute Gasteiger partial charge is 0.365 e. The van der Waals surface area contributed by atoms with Gasteiger partial charge < -0.3 is 10.1 Å². The quantitative estimate of drug-likeness (QED) is 0.741. The average molecular weight is 387 g/mol. The molecule has 1 aromatic heterocycles. The first-order valence-electron chi connectivity index (χ1n) is 8.38. The molecule has 0 radical (unpaired) electrons. The van der Waals surface area contributed by atoms with Crippen LogP contribution < -0.4 is 5.32 Å². The van der Waals surface area contributed by atoms with E-state index in [0.717, 1.165) is 11.1 Å². The Morgan fingerprint density at radius 1 is 1.30 bits per heavy atom. The van der Waals surface area contributed by atoms with Crippen molar-refractivity contribution in [3.63, 3.8) is 0 Å². The number of benzene rings is 2. The van der Waals surface area contributed by atoms with E-state index >= 15 is 0 Å². The zero-order valence-corrected chi connectivity index (χ0v) is 15.2. The van der Waals surface area contributed by atoms with E-state index in [0.29, 0.717) is 22.9 Å². The van der Waals surface area contributed by atoms with Gasteiger partial charge in [0.1, 0.15) is 11.9 Å². The van der Waals surface area contributed by atoms with E-state index in [4.69, 9.17) is 16.3 Å².